The van der Waals surface area contributed by atoms with Crippen molar-refractivity contribution in [3.63, 3.8) is 0 Å². The van der Waals surface area contributed by atoms with Gasteiger partial charge < -0.3 is 10.2 Å². The molecule has 18 heavy (non-hydrogen) atoms. The molecule has 1 aromatic carbocycles. The molecule has 0 aliphatic carbocycles. The van der Waals surface area contributed by atoms with Crippen LogP contribution in [0.3, 0.4) is 0 Å². The van der Waals surface area contributed by atoms with Crippen LogP contribution in [0.4, 0.5) is 10.5 Å². The molecule has 2 rings (SSSR count). The maximum Gasteiger partial charge on any atom is 0.324 e. The lowest BCUT2D eigenvalue weighted by Crippen LogP contribution is -2.37. The normalized spacial score (nSPS) is 19.8. The van der Waals surface area contributed by atoms with Gasteiger partial charge in [-0.3, -0.25) is 4.90 Å². The first kappa shape index (κ1) is 13.2. The molecule has 1 aliphatic heterocycles. The third kappa shape index (κ3) is 2.18. The second-order valence-electron chi connectivity index (χ2n) is 4.60. The van der Waals surface area contributed by atoms with Gasteiger partial charge >= 0.3 is 6.03 Å². The molecule has 1 aromatic rings. The minimum absolute atomic E-state index is 0.0283. The Morgan fingerprint density at radius 2 is 2.22 bits per heavy atom. The van der Waals surface area contributed by atoms with Crippen LogP contribution in [0.15, 0.2) is 18.2 Å². The standard InChI is InChI=1S/C13H18ClN3O/c1-9-11(14)5-4-6-12(9)17-8-10(7-15-2)16(3)13(17)18/h4-6,10,15H,7-8H2,1-3H3. The number of benzene rings is 1. The highest BCUT2D eigenvalue weighted by Gasteiger charge is 2.35. The van der Waals surface area contributed by atoms with E-state index in [4.69, 9.17) is 11.6 Å². The van der Waals surface area contributed by atoms with Crippen LogP contribution in [0.1, 0.15) is 5.56 Å². The van der Waals surface area contributed by atoms with Gasteiger partial charge in [-0.15, -0.1) is 0 Å². The maximum atomic E-state index is 12.2. The summed E-state index contributed by atoms with van der Waals surface area (Å²) in [5.41, 5.74) is 1.85. The van der Waals surface area contributed by atoms with Crippen molar-refractivity contribution in [1.29, 1.82) is 0 Å². The molecule has 1 heterocycles. The average Bonchev–Trinajstić information content (AvgIpc) is 2.62. The third-order valence-corrected chi connectivity index (χ3v) is 3.85. The summed E-state index contributed by atoms with van der Waals surface area (Å²) in [7, 11) is 3.73. The van der Waals surface area contributed by atoms with Gasteiger partial charge in [0.25, 0.3) is 0 Å². The van der Waals surface area contributed by atoms with Crippen molar-refractivity contribution < 1.29 is 4.79 Å². The monoisotopic (exact) mass is 267 g/mol. The Labute approximate surface area is 113 Å². The summed E-state index contributed by atoms with van der Waals surface area (Å²) in [6.45, 7) is 3.42. The summed E-state index contributed by atoms with van der Waals surface area (Å²) in [6.07, 6.45) is 0. The molecule has 98 valence electrons. The lowest BCUT2D eigenvalue weighted by molar-refractivity contribution is 0.218. The first-order valence-electron chi connectivity index (χ1n) is 6.00. The van der Waals surface area contributed by atoms with Crippen molar-refractivity contribution in [3.05, 3.63) is 28.8 Å². The summed E-state index contributed by atoms with van der Waals surface area (Å²) in [5, 5.41) is 3.81. The number of carbonyl (C=O) groups is 1. The number of rotatable bonds is 3. The van der Waals surface area contributed by atoms with Gasteiger partial charge in [-0.1, -0.05) is 17.7 Å². The quantitative estimate of drug-likeness (QED) is 0.911. The van der Waals surface area contributed by atoms with E-state index < -0.39 is 0 Å². The summed E-state index contributed by atoms with van der Waals surface area (Å²) >= 11 is 6.11. The van der Waals surface area contributed by atoms with Crippen LogP contribution in [-0.2, 0) is 0 Å². The van der Waals surface area contributed by atoms with Gasteiger partial charge in [0, 0.05) is 30.8 Å². The Balaban J connectivity index is 2.29. The topological polar surface area (TPSA) is 35.6 Å². The van der Waals surface area contributed by atoms with Gasteiger partial charge in [0.2, 0.25) is 0 Å². The predicted octanol–water partition coefficient (Wildman–Crippen LogP) is 2.11. The van der Waals surface area contributed by atoms with Crippen molar-refractivity contribution in [3.8, 4) is 0 Å². The van der Waals surface area contributed by atoms with Crippen LogP contribution < -0.4 is 10.2 Å². The maximum absolute atomic E-state index is 12.2. The van der Waals surface area contributed by atoms with Crippen LogP contribution >= 0.6 is 11.6 Å². The van der Waals surface area contributed by atoms with Gasteiger partial charge in [0.1, 0.15) is 0 Å². The molecule has 1 aliphatic rings. The van der Waals surface area contributed by atoms with Gasteiger partial charge in [0.05, 0.1) is 6.04 Å². The van der Waals surface area contributed by atoms with E-state index in [-0.39, 0.29) is 12.1 Å². The minimum Gasteiger partial charge on any atom is -0.321 e. The summed E-state index contributed by atoms with van der Waals surface area (Å²) in [5.74, 6) is 0. The summed E-state index contributed by atoms with van der Waals surface area (Å²) < 4.78 is 0. The van der Waals surface area contributed by atoms with E-state index in [1.165, 1.54) is 0 Å². The van der Waals surface area contributed by atoms with Crippen LogP contribution in [0.2, 0.25) is 5.02 Å². The fourth-order valence-corrected chi connectivity index (χ4v) is 2.45. The second-order valence-corrected chi connectivity index (χ2v) is 5.01. The van der Waals surface area contributed by atoms with E-state index in [2.05, 4.69) is 5.32 Å². The van der Waals surface area contributed by atoms with Gasteiger partial charge in [-0.25, -0.2) is 4.79 Å². The molecule has 1 atom stereocenters. The van der Waals surface area contributed by atoms with E-state index in [1.54, 1.807) is 9.80 Å². The van der Waals surface area contributed by atoms with E-state index in [0.29, 0.717) is 11.6 Å². The van der Waals surface area contributed by atoms with Crippen LogP contribution in [0.5, 0.6) is 0 Å². The molecule has 4 nitrogen and oxygen atoms in total. The van der Waals surface area contributed by atoms with Gasteiger partial charge in [-0.05, 0) is 31.7 Å². The van der Waals surface area contributed by atoms with Gasteiger partial charge in [-0.2, -0.15) is 0 Å². The first-order chi connectivity index (χ1) is 8.56. The van der Waals surface area contributed by atoms with E-state index in [9.17, 15) is 4.79 Å². The van der Waals surface area contributed by atoms with Gasteiger partial charge in [0.15, 0.2) is 0 Å². The molecular formula is C13H18ClN3O. The number of amides is 2. The Morgan fingerprint density at radius 1 is 1.50 bits per heavy atom. The molecular weight excluding hydrogens is 250 g/mol. The highest BCUT2D eigenvalue weighted by atomic mass is 35.5. The molecule has 1 N–H and O–H groups in total. The highest BCUT2D eigenvalue weighted by Crippen LogP contribution is 2.30. The Morgan fingerprint density at radius 3 is 2.89 bits per heavy atom. The number of hydrogen-bond donors (Lipinski definition) is 1. The Bertz CT molecular complexity index is 464. The molecule has 2 amide bonds. The third-order valence-electron chi connectivity index (χ3n) is 3.44. The number of nitrogens with one attached hydrogen (secondary N) is 1. The van der Waals surface area contributed by atoms with Crippen molar-refractivity contribution in [2.75, 3.05) is 32.1 Å². The van der Waals surface area contributed by atoms with Crippen molar-refractivity contribution in [2.24, 2.45) is 0 Å². The highest BCUT2D eigenvalue weighted by molar-refractivity contribution is 6.31. The van der Waals surface area contributed by atoms with E-state index >= 15 is 0 Å². The largest absolute Gasteiger partial charge is 0.324 e. The predicted molar refractivity (Wildman–Crippen MR) is 74.4 cm³/mol. The fourth-order valence-electron chi connectivity index (χ4n) is 2.28. The molecule has 0 spiro atoms. The lowest BCUT2D eigenvalue weighted by Gasteiger charge is -2.18. The average molecular weight is 268 g/mol. The Hall–Kier alpha value is -1.26. The molecule has 0 saturated carbocycles. The molecule has 0 bridgehead atoms. The zero-order valence-electron chi connectivity index (χ0n) is 10.9. The van der Waals surface area contributed by atoms with Crippen molar-refractivity contribution >= 4 is 23.3 Å². The number of hydrogen-bond acceptors (Lipinski definition) is 2. The minimum atomic E-state index is 0.0283. The van der Waals surface area contributed by atoms with Crippen LogP contribution in [-0.4, -0.2) is 44.2 Å². The van der Waals surface area contributed by atoms with E-state index in [0.717, 1.165) is 17.8 Å². The number of urea groups is 1. The zero-order valence-corrected chi connectivity index (χ0v) is 11.7. The summed E-state index contributed by atoms with van der Waals surface area (Å²) in [6, 6.07) is 5.88. The molecule has 1 unspecified atom stereocenters. The fraction of sp³-hybridized carbons (Fsp3) is 0.462. The van der Waals surface area contributed by atoms with E-state index in [1.807, 2.05) is 39.2 Å². The number of nitrogens with zero attached hydrogens (tertiary/aromatic N) is 2. The smallest absolute Gasteiger partial charge is 0.321 e. The van der Waals surface area contributed by atoms with Crippen LogP contribution in [0.25, 0.3) is 0 Å². The number of anilines is 1. The first-order valence-corrected chi connectivity index (χ1v) is 6.38. The molecule has 0 aromatic heterocycles. The molecule has 1 saturated heterocycles. The molecule has 5 heteroatoms. The Kier molecular flexibility index (Phi) is 3.78. The molecule has 0 radical (unpaired) electrons. The van der Waals surface area contributed by atoms with Crippen molar-refractivity contribution in [1.82, 2.24) is 10.2 Å². The SMILES string of the molecule is CNCC1CN(c2cccc(Cl)c2C)C(=O)N1C. The lowest BCUT2D eigenvalue weighted by atomic mass is 10.2. The van der Waals surface area contributed by atoms with Crippen LogP contribution in [0, 0.1) is 6.92 Å². The molecule has 1 fully saturated rings. The number of likely N-dealkylation sites (N-methyl/N-ethyl adjacent to an activating group) is 2. The summed E-state index contributed by atoms with van der Waals surface area (Å²) in [4.78, 5) is 15.8. The number of carbonyl (C=O) groups excluding carboxylic acids is 1. The zero-order chi connectivity index (χ0) is 13.3. The second kappa shape index (κ2) is 5.16. The number of halogens is 1. The van der Waals surface area contributed by atoms with Crippen molar-refractivity contribution in [2.45, 2.75) is 13.0 Å².